The zero-order valence-electron chi connectivity index (χ0n) is 10.6. The van der Waals surface area contributed by atoms with Crippen LogP contribution in [0.2, 0.25) is 0 Å². The van der Waals surface area contributed by atoms with Crippen molar-refractivity contribution in [1.29, 1.82) is 0 Å². The summed E-state index contributed by atoms with van der Waals surface area (Å²) < 4.78 is 24.2. The summed E-state index contributed by atoms with van der Waals surface area (Å²) in [6.45, 7) is 1.20. The molecule has 0 radical (unpaired) electrons. The van der Waals surface area contributed by atoms with Crippen molar-refractivity contribution in [2.45, 2.75) is 19.0 Å². The van der Waals surface area contributed by atoms with Gasteiger partial charge in [-0.1, -0.05) is 34.1 Å². The monoisotopic (exact) mass is 347 g/mol. The van der Waals surface area contributed by atoms with Crippen LogP contribution < -0.4 is 0 Å². The Kier molecular flexibility index (Phi) is 5.00. The molecular weight excluding hydrogens is 330 g/mol. The second-order valence-electron chi connectivity index (χ2n) is 4.84. The maximum atomic E-state index is 11.6. The molecule has 1 heterocycles. The third kappa shape index (κ3) is 4.02. The summed E-state index contributed by atoms with van der Waals surface area (Å²) in [6, 6.07) is 7.91. The maximum absolute atomic E-state index is 11.6. The molecule has 2 rings (SSSR count). The van der Waals surface area contributed by atoms with Crippen molar-refractivity contribution in [2.75, 3.05) is 24.7 Å². The first-order chi connectivity index (χ1) is 9.02. The molecule has 0 aliphatic carbocycles. The zero-order valence-corrected chi connectivity index (χ0v) is 13.0. The van der Waals surface area contributed by atoms with Gasteiger partial charge in [0.15, 0.2) is 9.84 Å². The molecule has 0 bridgehead atoms. The van der Waals surface area contributed by atoms with Crippen LogP contribution in [0.5, 0.6) is 0 Å². The Balaban J connectivity index is 2.11. The SMILES string of the molecule is O=S1(=O)CCC(N(CCO)Cc2ccccc2Br)C1. The van der Waals surface area contributed by atoms with E-state index in [0.29, 0.717) is 19.5 Å². The third-order valence-electron chi connectivity index (χ3n) is 3.44. The molecule has 106 valence electrons. The van der Waals surface area contributed by atoms with Crippen molar-refractivity contribution in [3.63, 3.8) is 0 Å². The van der Waals surface area contributed by atoms with Gasteiger partial charge in [-0.25, -0.2) is 8.42 Å². The van der Waals surface area contributed by atoms with Gasteiger partial charge >= 0.3 is 0 Å². The number of rotatable bonds is 5. The van der Waals surface area contributed by atoms with E-state index < -0.39 is 9.84 Å². The van der Waals surface area contributed by atoms with Crippen LogP contribution in [0.1, 0.15) is 12.0 Å². The van der Waals surface area contributed by atoms with Crippen molar-refractivity contribution in [3.05, 3.63) is 34.3 Å². The first-order valence-electron chi connectivity index (χ1n) is 6.30. The highest BCUT2D eigenvalue weighted by molar-refractivity contribution is 9.10. The van der Waals surface area contributed by atoms with Crippen LogP contribution in [0.3, 0.4) is 0 Å². The molecule has 19 heavy (non-hydrogen) atoms. The lowest BCUT2D eigenvalue weighted by Gasteiger charge is -2.27. The van der Waals surface area contributed by atoms with E-state index in [1.807, 2.05) is 24.3 Å². The van der Waals surface area contributed by atoms with Crippen molar-refractivity contribution in [2.24, 2.45) is 0 Å². The predicted molar refractivity (Wildman–Crippen MR) is 78.7 cm³/mol. The van der Waals surface area contributed by atoms with Crippen molar-refractivity contribution in [3.8, 4) is 0 Å². The fourth-order valence-electron chi connectivity index (χ4n) is 2.43. The lowest BCUT2D eigenvalue weighted by Crippen LogP contribution is -2.37. The Morgan fingerprint density at radius 3 is 2.68 bits per heavy atom. The van der Waals surface area contributed by atoms with Gasteiger partial charge in [0, 0.05) is 23.6 Å². The molecule has 1 N–H and O–H groups in total. The van der Waals surface area contributed by atoms with E-state index in [9.17, 15) is 13.5 Å². The van der Waals surface area contributed by atoms with E-state index in [4.69, 9.17) is 0 Å². The first kappa shape index (κ1) is 15.0. The van der Waals surface area contributed by atoms with Crippen molar-refractivity contribution >= 4 is 25.8 Å². The lowest BCUT2D eigenvalue weighted by molar-refractivity contribution is 0.153. The van der Waals surface area contributed by atoms with Gasteiger partial charge in [-0.15, -0.1) is 0 Å². The van der Waals surface area contributed by atoms with E-state index in [0.717, 1.165) is 10.0 Å². The van der Waals surface area contributed by atoms with Crippen molar-refractivity contribution < 1.29 is 13.5 Å². The van der Waals surface area contributed by atoms with Gasteiger partial charge in [-0.3, -0.25) is 4.90 Å². The van der Waals surface area contributed by atoms with Crippen LogP contribution in [0.15, 0.2) is 28.7 Å². The summed E-state index contributed by atoms with van der Waals surface area (Å²) in [7, 11) is -2.90. The number of nitrogens with zero attached hydrogens (tertiary/aromatic N) is 1. The second-order valence-corrected chi connectivity index (χ2v) is 7.93. The minimum Gasteiger partial charge on any atom is -0.395 e. The molecule has 1 aromatic carbocycles. The summed E-state index contributed by atoms with van der Waals surface area (Å²) in [5.74, 6) is 0.465. The Morgan fingerprint density at radius 1 is 1.37 bits per heavy atom. The number of benzene rings is 1. The molecule has 0 saturated carbocycles. The summed E-state index contributed by atoms with van der Waals surface area (Å²) in [5.41, 5.74) is 1.11. The molecule has 1 atom stereocenters. The Labute approximate surface area is 122 Å². The molecule has 1 unspecified atom stereocenters. The molecule has 1 fully saturated rings. The summed E-state index contributed by atoms with van der Waals surface area (Å²) in [4.78, 5) is 2.06. The van der Waals surface area contributed by atoms with Gasteiger partial charge < -0.3 is 5.11 Å². The van der Waals surface area contributed by atoms with Crippen LogP contribution in [0.25, 0.3) is 0 Å². The largest absolute Gasteiger partial charge is 0.395 e. The normalized spacial score (nSPS) is 21.9. The number of sulfone groups is 1. The van der Waals surface area contributed by atoms with Crippen LogP contribution in [-0.4, -0.2) is 49.1 Å². The van der Waals surface area contributed by atoms with Crippen LogP contribution in [-0.2, 0) is 16.4 Å². The molecule has 0 aromatic heterocycles. The van der Waals surface area contributed by atoms with E-state index in [1.165, 1.54) is 0 Å². The van der Waals surface area contributed by atoms with Crippen molar-refractivity contribution in [1.82, 2.24) is 4.90 Å². The highest BCUT2D eigenvalue weighted by atomic mass is 79.9. The lowest BCUT2D eigenvalue weighted by atomic mass is 10.1. The summed E-state index contributed by atoms with van der Waals surface area (Å²) in [6.07, 6.45) is 0.660. The van der Waals surface area contributed by atoms with Gasteiger partial charge in [-0.05, 0) is 18.1 Å². The minimum atomic E-state index is -2.90. The molecule has 1 aliphatic rings. The number of aliphatic hydroxyl groups excluding tert-OH is 1. The van der Waals surface area contributed by atoms with Crippen LogP contribution >= 0.6 is 15.9 Å². The van der Waals surface area contributed by atoms with Gasteiger partial charge in [0.05, 0.1) is 18.1 Å². The molecule has 1 saturated heterocycles. The predicted octanol–water partition coefficient (Wildman–Crippen LogP) is 1.43. The standard InChI is InChI=1S/C13H18BrNO3S/c14-13-4-2-1-3-11(13)9-15(6-7-16)12-5-8-19(17,18)10-12/h1-4,12,16H,5-10H2. The zero-order chi connectivity index (χ0) is 13.9. The van der Waals surface area contributed by atoms with Gasteiger partial charge in [0.1, 0.15) is 0 Å². The number of halogens is 1. The summed E-state index contributed by atoms with van der Waals surface area (Å²) >= 11 is 3.50. The topological polar surface area (TPSA) is 57.6 Å². The number of aliphatic hydroxyl groups is 1. The second kappa shape index (κ2) is 6.35. The van der Waals surface area contributed by atoms with E-state index >= 15 is 0 Å². The fraction of sp³-hybridized carbons (Fsp3) is 0.538. The van der Waals surface area contributed by atoms with E-state index in [-0.39, 0.29) is 24.2 Å². The average Bonchev–Trinajstić information content (AvgIpc) is 2.72. The maximum Gasteiger partial charge on any atom is 0.151 e. The molecular formula is C13H18BrNO3S. The quantitative estimate of drug-likeness (QED) is 0.875. The summed E-state index contributed by atoms with van der Waals surface area (Å²) in [5, 5.41) is 9.17. The molecule has 0 amide bonds. The van der Waals surface area contributed by atoms with Crippen LogP contribution in [0, 0.1) is 0 Å². The number of hydrogen-bond donors (Lipinski definition) is 1. The molecule has 4 nitrogen and oxygen atoms in total. The minimum absolute atomic E-state index is 0.0178. The molecule has 0 spiro atoms. The Bertz CT molecular complexity index is 532. The highest BCUT2D eigenvalue weighted by Crippen LogP contribution is 2.23. The number of hydrogen-bond acceptors (Lipinski definition) is 4. The Morgan fingerprint density at radius 2 is 2.11 bits per heavy atom. The molecule has 1 aromatic rings. The third-order valence-corrected chi connectivity index (χ3v) is 5.97. The molecule has 6 heteroatoms. The Hall–Kier alpha value is -0.430. The van der Waals surface area contributed by atoms with Gasteiger partial charge in [0.25, 0.3) is 0 Å². The fourth-order valence-corrected chi connectivity index (χ4v) is 4.60. The van der Waals surface area contributed by atoms with Gasteiger partial charge in [-0.2, -0.15) is 0 Å². The highest BCUT2D eigenvalue weighted by Gasteiger charge is 2.32. The van der Waals surface area contributed by atoms with Crippen LogP contribution in [0.4, 0.5) is 0 Å². The smallest absolute Gasteiger partial charge is 0.151 e. The first-order valence-corrected chi connectivity index (χ1v) is 8.92. The van der Waals surface area contributed by atoms with E-state index in [2.05, 4.69) is 20.8 Å². The van der Waals surface area contributed by atoms with Gasteiger partial charge in [0.2, 0.25) is 0 Å². The van der Waals surface area contributed by atoms with E-state index in [1.54, 1.807) is 0 Å². The molecule has 1 aliphatic heterocycles. The average molecular weight is 348 g/mol.